The Kier molecular flexibility index (Phi) is 7.18. The van der Waals surface area contributed by atoms with Crippen LogP contribution < -0.4 is 4.74 Å². The molecular weight excluding hydrogens is 470 g/mol. The number of pyridine rings is 1. The van der Waals surface area contributed by atoms with Crippen LogP contribution in [0.5, 0.6) is 17.4 Å². The van der Waals surface area contributed by atoms with Gasteiger partial charge in [0.05, 0.1) is 17.6 Å². The molecule has 0 aliphatic carbocycles. The Morgan fingerprint density at radius 3 is 2.11 bits per heavy atom. The predicted octanol–water partition coefficient (Wildman–Crippen LogP) is 8.62. The summed E-state index contributed by atoms with van der Waals surface area (Å²) < 4.78 is 5.94. The number of hydrogen-bond donors (Lipinski definition) is 1. The van der Waals surface area contributed by atoms with Gasteiger partial charge >= 0.3 is 0 Å². The number of ether oxygens (including phenoxy) is 1. The summed E-state index contributed by atoms with van der Waals surface area (Å²) in [6.45, 7) is 8.79. The number of aromatic hydroxyl groups is 1. The molecule has 0 bridgehead atoms. The van der Waals surface area contributed by atoms with Crippen LogP contribution in [0, 0.1) is 0 Å². The van der Waals surface area contributed by atoms with E-state index < -0.39 is 0 Å². The van der Waals surface area contributed by atoms with Crippen molar-refractivity contribution in [2.24, 2.45) is 0 Å². The first-order valence-electron chi connectivity index (χ1n) is 12.9. The molecule has 0 amide bonds. The minimum atomic E-state index is 0.163. The van der Waals surface area contributed by atoms with Crippen LogP contribution in [0.1, 0.15) is 50.7 Å². The summed E-state index contributed by atoms with van der Waals surface area (Å²) in [7, 11) is 0. The molecule has 5 rings (SSSR count). The molecule has 5 heteroatoms. The van der Waals surface area contributed by atoms with E-state index in [1.807, 2.05) is 60.7 Å². The number of phenols is 1. The van der Waals surface area contributed by atoms with Crippen molar-refractivity contribution in [2.45, 2.75) is 39.5 Å². The van der Waals surface area contributed by atoms with Crippen molar-refractivity contribution in [3.63, 3.8) is 0 Å². The van der Waals surface area contributed by atoms with E-state index in [9.17, 15) is 5.11 Å². The van der Waals surface area contributed by atoms with Crippen molar-refractivity contribution in [3.05, 3.63) is 108 Å². The summed E-state index contributed by atoms with van der Waals surface area (Å²) in [6, 6.07) is 27.2. The fraction of sp³-hybridized carbons (Fsp3) is 0.182. The average Bonchev–Trinajstić information content (AvgIpc) is 2.93. The van der Waals surface area contributed by atoms with Crippen LogP contribution in [-0.4, -0.2) is 20.1 Å². The van der Waals surface area contributed by atoms with Crippen LogP contribution in [-0.2, 0) is 0 Å². The standard InChI is InChI=1S/C33H31N3O2/c1-21(2)24-16-25(22(3)4)18-26(17-24)32-33(28-12-5-6-13-30(28)37)36-29(20-35-32)23-10-9-11-27(19-23)38-31-14-7-8-15-34-31/h5-22,37H,1-4H3. The molecule has 0 aliphatic heterocycles. The van der Waals surface area contributed by atoms with E-state index in [0.29, 0.717) is 40.4 Å². The number of hydrogen-bond acceptors (Lipinski definition) is 5. The van der Waals surface area contributed by atoms with Gasteiger partial charge in [-0.3, -0.25) is 4.98 Å². The first kappa shape index (κ1) is 25.2. The van der Waals surface area contributed by atoms with Gasteiger partial charge < -0.3 is 9.84 Å². The van der Waals surface area contributed by atoms with Gasteiger partial charge in [0.1, 0.15) is 17.2 Å². The molecule has 38 heavy (non-hydrogen) atoms. The molecule has 1 N–H and O–H groups in total. The maximum atomic E-state index is 10.8. The second-order valence-electron chi connectivity index (χ2n) is 9.97. The third kappa shape index (κ3) is 5.42. The SMILES string of the molecule is CC(C)c1cc(-c2ncc(-c3cccc(Oc4ccccn4)c3)nc2-c2ccccc2O)cc(C(C)C)c1. The van der Waals surface area contributed by atoms with Crippen molar-refractivity contribution in [1.29, 1.82) is 0 Å². The molecule has 2 aromatic heterocycles. The molecule has 0 saturated carbocycles. The predicted molar refractivity (Wildman–Crippen MR) is 152 cm³/mol. The van der Waals surface area contributed by atoms with Crippen LogP contribution in [0.25, 0.3) is 33.8 Å². The number of benzene rings is 3. The second kappa shape index (κ2) is 10.9. The van der Waals surface area contributed by atoms with Gasteiger partial charge in [-0.1, -0.05) is 64.1 Å². The Hall–Kier alpha value is -4.51. The van der Waals surface area contributed by atoms with Crippen molar-refractivity contribution in [2.75, 3.05) is 0 Å². The van der Waals surface area contributed by atoms with E-state index in [4.69, 9.17) is 14.7 Å². The van der Waals surface area contributed by atoms with Crippen LogP contribution in [0.3, 0.4) is 0 Å². The number of rotatable bonds is 7. The summed E-state index contributed by atoms with van der Waals surface area (Å²) in [5, 5.41) is 10.8. The Balaban J connectivity index is 1.65. The van der Waals surface area contributed by atoms with Crippen LogP contribution in [0.4, 0.5) is 0 Å². The normalized spacial score (nSPS) is 11.2. The monoisotopic (exact) mass is 501 g/mol. The fourth-order valence-electron chi connectivity index (χ4n) is 4.33. The van der Waals surface area contributed by atoms with Crippen molar-refractivity contribution >= 4 is 0 Å². The van der Waals surface area contributed by atoms with Crippen molar-refractivity contribution < 1.29 is 9.84 Å². The largest absolute Gasteiger partial charge is 0.507 e. The van der Waals surface area contributed by atoms with Gasteiger partial charge in [0.15, 0.2) is 0 Å². The Morgan fingerprint density at radius 1 is 0.684 bits per heavy atom. The number of nitrogens with zero attached hydrogens (tertiary/aromatic N) is 3. The molecule has 5 nitrogen and oxygen atoms in total. The average molecular weight is 502 g/mol. The Bertz CT molecular complexity index is 1540. The maximum absolute atomic E-state index is 10.8. The second-order valence-corrected chi connectivity index (χ2v) is 9.97. The van der Waals surface area contributed by atoms with E-state index in [1.54, 1.807) is 18.5 Å². The molecule has 0 spiro atoms. The topological polar surface area (TPSA) is 68.1 Å². The molecule has 3 aromatic carbocycles. The van der Waals surface area contributed by atoms with Crippen LogP contribution in [0.2, 0.25) is 0 Å². The lowest BCUT2D eigenvalue weighted by Gasteiger charge is -2.17. The summed E-state index contributed by atoms with van der Waals surface area (Å²) in [5.74, 6) is 2.08. The highest BCUT2D eigenvalue weighted by molar-refractivity contribution is 5.83. The molecule has 0 aliphatic rings. The lowest BCUT2D eigenvalue weighted by molar-refractivity contribution is 0.463. The van der Waals surface area contributed by atoms with Crippen LogP contribution in [0.15, 0.2) is 97.3 Å². The maximum Gasteiger partial charge on any atom is 0.219 e. The van der Waals surface area contributed by atoms with E-state index in [2.05, 4.69) is 50.9 Å². The van der Waals surface area contributed by atoms with Gasteiger partial charge in [-0.05, 0) is 65.4 Å². The third-order valence-corrected chi connectivity index (χ3v) is 6.51. The zero-order valence-corrected chi connectivity index (χ0v) is 22.1. The van der Waals surface area contributed by atoms with Gasteiger partial charge in [0, 0.05) is 29.0 Å². The van der Waals surface area contributed by atoms with Gasteiger partial charge in [-0.15, -0.1) is 0 Å². The molecule has 0 saturated heterocycles. The highest BCUT2D eigenvalue weighted by Crippen LogP contribution is 2.38. The summed E-state index contributed by atoms with van der Waals surface area (Å²) in [4.78, 5) is 14.2. The highest BCUT2D eigenvalue weighted by Gasteiger charge is 2.18. The van der Waals surface area contributed by atoms with E-state index in [0.717, 1.165) is 16.8 Å². The number of aromatic nitrogens is 3. The van der Waals surface area contributed by atoms with Crippen LogP contribution >= 0.6 is 0 Å². The van der Waals surface area contributed by atoms with Gasteiger partial charge in [-0.2, -0.15) is 0 Å². The summed E-state index contributed by atoms with van der Waals surface area (Å²) in [6.07, 6.45) is 3.48. The Labute approximate surface area is 223 Å². The molecule has 0 unspecified atom stereocenters. The summed E-state index contributed by atoms with van der Waals surface area (Å²) >= 11 is 0. The van der Waals surface area contributed by atoms with E-state index >= 15 is 0 Å². The van der Waals surface area contributed by atoms with E-state index in [-0.39, 0.29) is 5.75 Å². The minimum Gasteiger partial charge on any atom is -0.507 e. The summed E-state index contributed by atoms with van der Waals surface area (Å²) in [5.41, 5.74) is 7.03. The lowest BCUT2D eigenvalue weighted by atomic mass is 9.91. The molecule has 2 heterocycles. The Morgan fingerprint density at radius 2 is 1.42 bits per heavy atom. The molecule has 0 radical (unpaired) electrons. The molecule has 5 aromatic rings. The zero-order chi connectivity index (χ0) is 26.6. The van der Waals surface area contributed by atoms with Gasteiger partial charge in [0.2, 0.25) is 5.88 Å². The fourth-order valence-corrected chi connectivity index (χ4v) is 4.33. The number of para-hydroxylation sites is 1. The van der Waals surface area contributed by atoms with E-state index in [1.165, 1.54) is 11.1 Å². The first-order chi connectivity index (χ1) is 18.4. The molecule has 0 fully saturated rings. The van der Waals surface area contributed by atoms with Gasteiger partial charge in [0.25, 0.3) is 0 Å². The smallest absolute Gasteiger partial charge is 0.219 e. The third-order valence-electron chi connectivity index (χ3n) is 6.51. The molecular formula is C33H31N3O2. The quantitative estimate of drug-likeness (QED) is 0.242. The number of phenolic OH excluding ortho intramolecular Hbond substituents is 1. The molecule has 0 atom stereocenters. The zero-order valence-electron chi connectivity index (χ0n) is 22.1. The lowest BCUT2D eigenvalue weighted by Crippen LogP contribution is -2.00. The first-order valence-corrected chi connectivity index (χ1v) is 12.9. The minimum absolute atomic E-state index is 0.163. The highest BCUT2D eigenvalue weighted by atomic mass is 16.5. The molecule has 190 valence electrons. The van der Waals surface area contributed by atoms with Crippen molar-refractivity contribution in [1.82, 2.24) is 15.0 Å². The van der Waals surface area contributed by atoms with Gasteiger partial charge in [-0.25, -0.2) is 9.97 Å². The van der Waals surface area contributed by atoms with Crippen molar-refractivity contribution in [3.8, 4) is 51.2 Å².